The molecule has 1 atom stereocenters. The van der Waals surface area contributed by atoms with Gasteiger partial charge in [-0.1, -0.05) is 41.7 Å². The van der Waals surface area contributed by atoms with Crippen molar-refractivity contribution in [3.05, 3.63) is 35.3 Å². The Hall–Kier alpha value is -1.44. The first-order chi connectivity index (χ1) is 9.79. The molecule has 0 radical (unpaired) electrons. The average Bonchev–Trinajstić information content (AvgIpc) is 3.05. The Bertz CT molecular complexity index is 691. The van der Waals surface area contributed by atoms with Crippen LogP contribution in [-0.4, -0.2) is 31.8 Å². The third-order valence-corrected chi connectivity index (χ3v) is 4.66. The van der Waals surface area contributed by atoms with Crippen LogP contribution in [0.25, 0.3) is 16.3 Å². The maximum atomic E-state index is 6.17. The fourth-order valence-corrected chi connectivity index (χ4v) is 3.28. The Labute approximate surface area is 125 Å². The van der Waals surface area contributed by atoms with E-state index in [1.54, 1.807) is 16.3 Å². The number of fused-ring (bicyclic) bond motifs is 1. The van der Waals surface area contributed by atoms with Gasteiger partial charge in [0.25, 0.3) is 0 Å². The van der Waals surface area contributed by atoms with Gasteiger partial charge in [-0.05, 0) is 18.4 Å². The number of hydrogen-bond acceptors (Lipinski definition) is 6. The highest BCUT2D eigenvalue weighted by Gasteiger charge is 2.16. The fourth-order valence-electron chi connectivity index (χ4n) is 1.92. The molecule has 5 nitrogen and oxygen atoms in total. The standard InChI is InChI=1S/C13H15N5S2/c1-19-8-7-10(14)12-17-18-11(15-16-13(18)20-12)9-5-3-2-4-6-9/h2-6,10H,7-8,14H2,1H3. The van der Waals surface area contributed by atoms with E-state index in [1.807, 2.05) is 30.3 Å². The van der Waals surface area contributed by atoms with E-state index in [-0.39, 0.29) is 6.04 Å². The van der Waals surface area contributed by atoms with Crippen LogP contribution in [0.15, 0.2) is 30.3 Å². The van der Waals surface area contributed by atoms with E-state index < -0.39 is 0 Å². The lowest BCUT2D eigenvalue weighted by Crippen LogP contribution is -2.11. The molecule has 0 fully saturated rings. The summed E-state index contributed by atoms with van der Waals surface area (Å²) in [5.74, 6) is 1.80. The Balaban J connectivity index is 1.95. The molecule has 1 aromatic carbocycles. The normalized spacial score (nSPS) is 12.9. The van der Waals surface area contributed by atoms with Crippen LogP contribution in [0.5, 0.6) is 0 Å². The van der Waals surface area contributed by atoms with Gasteiger partial charge in [0.1, 0.15) is 5.01 Å². The highest BCUT2D eigenvalue weighted by atomic mass is 32.2. The fraction of sp³-hybridized carbons (Fsp3) is 0.308. The predicted octanol–water partition coefficient (Wildman–Crippen LogP) is 2.61. The van der Waals surface area contributed by atoms with Gasteiger partial charge in [-0.3, -0.25) is 0 Å². The van der Waals surface area contributed by atoms with Crippen LogP contribution in [0.2, 0.25) is 0 Å². The van der Waals surface area contributed by atoms with Crippen molar-refractivity contribution in [1.29, 1.82) is 0 Å². The molecule has 0 bridgehead atoms. The lowest BCUT2D eigenvalue weighted by atomic mass is 10.2. The Morgan fingerprint density at radius 1 is 1.30 bits per heavy atom. The summed E-state index contributed by atoms with van der Waals surface area (Å²) in [4.78, 5) is 0.790. The zero-order chi connectivity index (χ0) is 13.9. The largest absolute Gasteiger partial charge is 0.322 e. The van der Waals surface area contributed by atoms with Gasteiger partial charge in [-0.2, -0.15) is 21.4 Å². The summed E-state index contributed by atoms with van der Waals surface area (Å²) >= 11 is 3.31. The summed E-state index contributed by atoms with van der Waals surface area (Å²) in [6.45, 7) is 0. The van der Waals surface area contributed by atoms with Crippen molar-refractivity contribution in [3.8, 4) is 11.4 Å². The molecule has 104 valence electrons. The third kappa shape index (κ3) is 2.56. The second kappa shape index (κ2) is 5.90. The van der Waals surface area contributed by atoms with E-state index in [1.165, 1.54) is 11.3 Å². The minimum Gasteiger partial charge on any atom is -0.322 e. The van der Waals surface area contributed by atoms with Crippen LogP contribution in [0.1, 0.15) is 17.5 Å². The number of nitrogens with zero attached hydrogens (tertiary/aromatic N) is 4. The molecule has 7 heteroatoms. The van der Waals surface area contributed by atoms with Gasteiger partial charge in [0.15, 0.2) is 5.82 Å². The number of nitrogens with two attached hydrogens (primary N) is 1. The SMILES string of the molecule is CSCCC(N)c1nn2c(-c3ccccc3)nnc2s1. The molecule has 0 aliphatic carbocycles. The van der Waals surface area contributed by atoms with Crippen molar-refractivity contribution < 1.29 is 0 Å². The third-order valence-electron chi connectivity index (χ3n) is 2.99. The van der Waals surface area contributed by atoms with Crippen LogP contribution >= 0.6 is 23.1 Å². The first-order valence-corrected chi connectivity index (χ1v) is 8.52. The van der Waals surface area contributed by atoms with Crippen LogP contribution in [-0.2, 0) is 0 Å². The lowest BCUT2D eigenvalue weighted by Gasteiger charge is -2.05. The smallest absolute Gasteiger partial charge is 0.235 e. The van der Waals surface area contributed by atoms with Gasteiger partial charge in [0, 0.05) is 5.56 Å². The molecule has 2 aromatic heterocycles. The highest BCUT2D eigenvalue weighted by molar-refractivity contribution is 7.98. The first kappa shape index (κ1) is 13.5. The topological polar surface area (TPSA) is 69.1 Å². The van der Waals surface area contributed by atoms with E-state index in [9.17, 15) is 0 Å². The Kier molecular flexibility index (Phi) is 4.00. The van der Waals surface area contributed by atoms with Crippen LogP contribution in [0.3, 0.4) is 0 Å². The van der Waals surface area contributed by atoms with Gasteiger partial charge in [-0.15, -0.1) is 10.2 Å². The van der Waals surface area contributed by atoms with Crippen LogP contribution in [0.4, 0.5) is 0 Å². The molecule has 1 unspecified atom stereocenters. The molecular weight excluding hydrogens is 290 g/mol. The molecule has 0 aliphatic heterocycles. The summed E-state index contributed by atoms with van der Waals surface area (Å²) in [7, 11) is 0. The average molecular weight is 305 g/mol. The Morgan fingerprint density at radius 2 is 2.10 bits per heavy atom. The van der Waals surface area contributed by atoms with E-state index >= 15 is 0 Å². The molecule has 0 saturated carbocycles. The number of rotatable bonds is 5. The summed E-state index contributed by atoms with van der Waals surface area (Å²) in [6, 6.07) is 9.92. The molecule has 3 aromatic rings. The second-order valence-corrected chi connectivity index (χ2v) is 6.39. The van der Waals surface area contributed by atoms with Crippen molar-refractivity contribution in [3.63, 3.8) is 0 Å². The molecule has 0 spiro atoms. The number of hydrogen-bond donors (Lipinski definition) is 1. The van der Waals surface area contributed by atoms with Gasteiger partial charge in [-0.25, -0.2) is 0 Å². The van der Waals surface area contributed by atoms with E-state index in [2.05, 4.69) is 21.6 Å². The first-order valence-electron chi connectivity index (χ1n) is 6.31. The molecule has 2 heterocycles. The number of benzene rings is 1. The molecule has 2 N–H and O–H groups in total. The van der Waals surface area contributed by atoms with Gasteiger partial charge < -0.3 is 5.73 Å². The molecule has 0 amide bonds. The zero-order valence-electron chi connectivity index (χ0n) is 11.1. The minimum absolute atomic E-state index is 0.0298. The maximum Gasteiger partial charge on any atom is 0.235 e. The summed E-state index contributed by atoms with van der Waals surface area (Å²) in [6.07, 6.45) is 3.00. The molecule has 0 saturated heterocycles. The number of aromatic nitrogens is 4. The summed E-state index contributed by atoms with van der Waals surface area (Å²) < 4.78 is 1.79. The monoisotopic (exact) mass is 305 g/mol. The molecular formula is C13H15N5S2. The van der Waals surface area contributed by atoms with Crippen molar-refractivity contribution in [2.24, 2.45) is 5.73 Å². The molecule has 20 heavy (non-hydrogen) atoms. The Morgan fingerprint density at radius 3 is 2.85 bits per heavy atom. The highest BCUT2D eigenvalue weighted by Crippen LogP contribution is 2.25. The summed E-state index contributed by atoms with van der Waals surface area (Å²) in [5, 5.41) is 13.9. The van der Waals surface area contributed by atoms with Gasteiger partial charge >= 0.3 is 0 Å². The predicted molar refractivity (Wildman–Crippen MR) is 84.0 cm³/mol. The maximum absolute atomic E-state index is 6.17. The lowest BCUT2D eigenvalue weighted by molar-refractivity contribution is 0.682. The minimum atomic E-state index is -0.0298. The van der Waals surface area contributed by atoms with Crippen molar-refractivity contribution in [2.75, 3.05) is 12.0 Å². The molecule has 3 rings (SSSR count). The van der Waals surface area contributed by atoms with Gasteiger partial charge in [0.2, 0.25) is 4.96 Å². The van der Waals surface area contributed by atoms with Crippen LogP contribution < -0.4 is 5.73 Å². The van der Waals surface area contributed by atoms with Crippen molar-refractivity contribution >= 4 is 28.1 Å². The van der Waals surface area contributed by atoms with E-state index in [4.69, 9.17) is 5.73 Å². The zero-order valence-corrected chi connectivity index (χ0v) is 12.7. The second-order valence-electron chi connectivity index (χ2n) is 4.41. The quantitative estimate of drug-likeness (QED) is 0.784. The number of thioether (sulfide) groups is 1. The summed E-state index contributed by atoms with van der Waals surface area (Å²) in [5.41, 5.74) is 7.17. The molecule has 0 aliphatic rings. The van der Waals surface area contributed by atoms with Crippen LogP contribution in [0, 0.1) is 0 Å². The van der Waals surface area contributed by atoms with Gasteiger partial charge in [0.05, 0.1) is 6.04 Å². The van der Waals surface area contributed by atoms with E-state index in [0.717, 1.165) is 33.5 Å². The van der Waals surface area contributed by atoms with Crippen molar-refractivity contribution in [2.45, 2.75) is 12.5 Å². The van der Waals surface area contributed by atoms with E-state index in [0.29, 0.717) is 0 Å². The van der Waals surface area contributed by atoms with Crippen molar-refractivity contribution in [1.82, 2.24) is 19.8 Å².